The summed E-state index contributed by atoms with van der Waals surface area (Å²) < 4.78 is 0.345. The first-order valence-electron chi connectivity index (χ1n) is 1.34. The van der Waals surface area contributed by atoms with E-state index in [0.29, 0.717) is 4.20 Å². The van der Waals surface area contributed by atoms with Crippen LogP contribution in [-0.2, 0) is 12.6 Å². The van der Waals surface area contributed by atoms with Gasteiger partial charge in [0.1, 0.15) is 0 Å². The zero-order valence-corrected chi connectivity index (χ0v) is 8.73. The molecule has 0 fully saturated rings. The Bertz CT molecular complexity index is 95.6. The van der Waals surface area contributed by atoms with Crippen LogP contribution >= 0.6 is 12.2 Å². The van der Waals surface area contributed by atoms with Crippen molar-refractivity contribution in [2.45, 2.75) is 6.42 Å². The number of nitriles is 1. The molecule has 0 radical (unpaired) electrons. The molecule has 32 valence electrons. The maximum absolute atomic E-state index is 7.83. The van der Waals surface area contributed by atoms with Crippen LogP contribution in [0.1, 0.15) is 6.42 Å². The number of hydrogen-bond acceptors (Lipinski definition) is 3. The molecule has 0 N–H and O–H groups in total. The van der Waals surface area contributed by atoms with E-state index in [0.717, 1.165) is 0 Å². The Morgan fingerprint density at radius 2 is 2.29 bits per heavy atom. The molecule has 7 heavy (non-hydrogen) atoms. The van der Waals surface area contributed by atoms with E-state index in [-0.39, 0.29) is 57.8 Å². The van der Waals surface area contributed by atoms with Crippen molar-refractivity contribution >= 4 is 29.0 Å². The van der Waals surface area contributed by atoms with Gasteiger partial charge in [0.15, 0.2) is 0 Å². The summed E-state index contributed by atoms with van der Waals surface area (Å²) in [5.74, 6) is 0. The Hall–Kier alpha value is 1.44. The Morgan fingerprint density at radius 3 is 2.29 bits per heavy atom. The number of rotatable bonds is 1. The van der Waals surface area contributed by atoms with Gasteiger partial charge in [0.25, 0.3) is 0 Å². The summed E-state index contributed by atoms with van der Waals surface area (Å²) >= 11 is 8.77. The van der Waals surface area contributed by atoms with E-state index in [2.05, 4.69) is 24.8 Å². The van der Waals surface area contributed by atoms with Crippen molar-refractivity contribution in [1.82, 2.24) is 0 Å². The summed E-state index contributed by atoms with van der Waals surface area (Å²) in [7, 11) is 0. The van der Waals surface area contributed by atoms with Crippen LogP contribution in [0.5, 0.6) is 0 Å². The summed E-state index contributed by atoms with van der Waals surface area (Å²) in [4.78, 5) is 0. The zero-order valence-electron chi connectivity index (χ0n) is 3.97. The average molecular weight is 155 g/mol. The minimum Gasteiger partial charge on any atom is -0.432 e. The molecule has 0 aromatic carbocycles. The molecule has 0 aliphatic rings. The molecule has 0 aromatic rings. The minimum absolute atomic E-state index is 0. The third-order valence-corrected chi connectivity index (χ3v) is 0.512. The Labute approximate surface area is 96.3 Å². The molecule has 4 heteroatoms. The van der Waals surface area contributed by atoms with E-state index in [1.54, 1.807) is 0 Å². The van der Waals surface area contributed by atoms with Gasteiger partial charge in [-0.25, -0.2) is 0 Å². The molecule has 0 spiro atoms. The van der Waals surface area contributed by atoms with E-state index in [9.17, 15) is 0 Å². The predicted molar refractivity (Wildman–Crippen MR) is 30.2 cm³/mol. The maximum atomic E-state index is 7.83. The van der Waals surface area contributed by atoms with Gasteiger partial charge in [0, 0.05) is 6.42 Å². The monoisotopic (exact) mass is 155 g/mol. The first-order chi connectivity index (χ1) is 2.77. The number of thiocarbonyl (C=S) groups is 1. The second-order valence-electron chi connectivity index (χ2n) is 0.707. The summed E-state index contributed by atoms with van der Waals surface area (Å²) in [6, 6.07) is 1.82. The summed E-state index contributed by atoms with van der Waals surface area (Å²) in [6.45, 7) is 0. The van der Waals surface area contributed by atoms with E-state index in [1.165, 1.54) is 0 Å². The van der Waals surface area contributed by atoms with Crippen LogP contribution < -0.4 is 51.4 Å². The van der Waals surface area contributed by atoms with E-state index in [4.69, 9.17) is 5.26 Å². The van der Waals surface area contributed by atoms with Crippen LogP contribution in [0.4, 0.5) is 0 Å². The molecule has 0 atom stereocenters. The molecule has 0 bridgehead atoms. The molecule has 0 amide bonds. The predicted octanol–water partition coefficient (Wildman–Crippen LogP) is -2.22. The van der Waals surface area contributed by atoms with E-state index >= 15 is 0 Å². The summed E-state index contributed by atoms with van der Waals surface area (Å²) in [5.41, 5.74) is 0. The third kappa shape index (κ3) is 11.2. The fraction of sp³-hybridized carbons (Fsp3) is 0.333. The van der Waals surface area contributed by atoms with Gasteiger partial charge in [-0.05, 0) is 0 Å². The van der Waals surface area contributed by atoms with Crippen LogP contribution in [-0.4, -0.2) is 4.20 Å². The Kier molecular flexibility index (Phi) is 12.0. The van der Waals surface area contributed by atoms with Crippen molar-refractivity contribution in [3.05, 3.63) is 0 Å². The molecule has 0 heterocycles. The molecule has 0 aliphatic heterocycles. The van der Waals surface area contributed by atoms with E-state index < -0.39 is 0 Å². The molecular weight excluding hydrogens is 153 g/mol. The zero-order chi connectivity index (χ0) is 4.99. The molecule has 0 unspecified atom stereocenters. The smallest absolute Gasteiger partial charge is 0.432 e. The van der Waals surface area contributed by atoms with Gasteiger partial charge in [-0.3, -0.25) is 0 Å². The first kappa shape index (κ1) is 11.3. The average Bonchev–Trinajstić information content (AvgIpc) is 1.35. The second kappa shape index (κ2) is 7.44. The van der Waals surface area contributed by atoms with Crippen molar-refractivity contribution < 1.29 is 51.4 Å². The van der Waals surface area contributed by atoms with Gasteiger partial charge in [-0.1, -0.05) is 0 Å². The van der Waals surface area contributed by atoms with E-state index in [1.807, 2.05) is 6.07 Å². The SMILES string of the molecule is N#CCC(=S)[S-].[K+]. The van der Waals surface area contributed by atoms with Gasteiger partial charge in [-0.15, -0.1) is 4.20 Å². The van der Waals surface area contributed by atoms with Gasteiger partial charge in [0.2, 0.25) is 0 Å². The van der Waals surface area contributed by atoms with Gasteiger partial charge in [-0.2, -0.15) is 5.26 Å². The van der Waals surface area contributed by atoms with Crippen LogP contribution in [0.15, 0.2) is 0 Å². The van der Waals surface area contributed by atoms with Gasteiger partial charge >= 0.3 is 51.4 Å². The van der Waals surface area contributed by atoms with Crippen molar-refractivity contribution in [1.29, 1.82) is 5.26 Å². The van der Waals surface area contributed by atoms with Gasteiger partial charge < -0.3 is 24.8 Å². The topological polar surface area (TPSA) is 23.8 Å². The molecule has 0 rings (SSSR count). The maximum Gasteiger partial charge on any atom is 1.00 e. The number of hydrogen-bond donors (Lipinski definition) is 0. The molecule has 1 nitrogen and oxygen atoms in total. The molecule has 0 saturated heterocycles. The van der Waals surface area contributed by atoms with Crippen molar-refractivity contribution in [2.24, 2.45) is 0 Å². The second-order valence-corrected chi connectivity index (χ2v) is 1.95. The normalized spacial score (nSPS) is 5.57. The van der Waals surface area contributed by atoms with Crippen molar-refractivity contribution in [2.75, 3.05) is 0 Å². The Morgan fingerprint density at radius 1 is 1.86 bits per heavy atom. The summed E-state index contributed by atoms with van der Waals surface area (Å²) in [6.07, 6.45) is 0.227. The molecular formula is C3H2KNS2. The van der Waals surface area contributed by atoms with Gasteiger partial charge in [0.05, 0.1) is 6.07 Å². The fourth-order valence-electron chi connectivity index (χ4n) is 0.0645. The first-order valence-corrected chi connectivity index (χ1v) is 2.16. The molecule has 0 saturated carbocycles. The van der Waals surface area contributed by atoms with Crippen LogP contribution in [0.25, 0.3) is 0 Å². The molecule has 0 aliphatic carbocycles. The van der Waals surface area contributed by atoms with Crippen LogP contribution in [0.3, 0.4) is 0 Å². The van der Waals surface area contributed by atoms with Crippen LogP contribution in [0, 0.1) is 11.3 Å². The number of nitrogens with zero attached hydrogens (tertiary/aromatic N) is 1. The van der Waals surface area contributed by atoms with Crippen molar-refractivity contribution in [3.63, 3.8) is 0 Å². The Balaban J connectivity index is 0. The summed E-state index contributed by atoms with van der Waals surface area (Å²) in [5, 5.41) is 7.83. The third-order valence-electron chi connectivity index (χ3n) is 0.223. The van der Waals surface area contributed by atoms with Crippen molar-refractivity contribution in [3.8, 4) is 6.07 Å². The largest absolute Gasteiger partial charge is 1.00 e. The minimum atomic E-state index is 0. The standard InChI is InChI=1S/C3H3NS2.K/c4-2-1-3(5)6;/h1H2,(H,5,6);/q;+1/p-1. The molecule has 0 aromatic heterocycles. The van der Waals surface area contributed by atoms with Crippen LogP contribution in [0.2, 0.25) is 0 Å². The fourth-order valence-corrected chi connectivity index (χ4v) is 0.194. The quantitative estimate of drug-likeness (QED) is 0.243.